The fraction of sp³-hybridized carbons (Fsp3) is 0.333. The third kappa shape index (κ3) is 4.15. The maximum Gasteiger partial charge on any atom is 0.228 e. The molecule has 2 aromatic rings. The van der Waals surface area contributed by atoms with Gasteiger partial charge >= 0.3 is 0 Å². The van der Waals surface area contributed by atoms with Gasteiger partial charge in [0.05, 0.1) is 17.5 Å². The predicted octanol–water partition coefficient (Wildman–Crippen LogP) is 4.30. The van der Waals surface area contributed by atoms with E-state index >= 15 is 0 Å². The number of carbonyl (C=O) groups is 2. The Kier molecular flexibility index (Phi) is 5.54. The first-order valence-corrected chi connectivity index (χ1v) is 9.12. The van der Waals surface area contributed by atoms with Gasteiger partial charge in [-0.15, -0.1) is 0 Å². The van der Waals surface area contributed by atoms with E-state index in [9.17, 15) is 18.4 Å². The summed E-state index contributed by atoms with van der Waals surface area (Å²) < 4.78 is 26.6. The lowest BCUT2D eigenvalue weighted by atomic mass is 10.0. The van der Waals surface area contributed by atoms with E-state index in [1.165, 1.54) is 6.07 Å². The van der Waals surface area contributed by atoms with Gasteiger partial charge in [0.1, 0.15) is 11.6 Å². The summed E-state index contributed by atoms with van der Waals surface area (Å²) in [6.45, 7) is 4.05. The van der Waals surface area contributed by atoms with Crippen molar-refractivity contribution in [2.75, 3.05) is 10.6 Å². The fourth-order valence-corrected chi connectivity index (χ4v) is 3.21. The number of benzene rings is 2. The van der Waals surface area contributed by atoms with Gasteiger partial charge in [-0.25, -0.2) is 8.78 Å². The molecule has 0 radical (unpaired) electrons. The van der Waals surface area contributed by atoms with Gasteiger partial charge in [0, 0.05) is 11.8 Å². The molecule has 142 valence electrons. The summed E-state index contributed by atoms with van der Waals surface area (Å²) in [6, 6.07) is 8.87. The number of amides is 2. The molecule has 1 saturated carbocycles. The Labute approximate surface area is 157 Å². The Morgan fingerprint density at radius 1 is 0.963 bits per heavy atom. The lowest BCUT2D eigenvalue weighted by Crippen LogP contribution is -2.22. The Bertz CT molecular complexity index is 860. The van der Waals surface area contributed by atoms with Gasteiger partial charge in [-0.2, -0.15) is 0 Å². The molecule has 2 atom stereocenters. The summed E-state index contributed by atoms with van der Waals surface area (Å²) in [4.78, 5) is 24.8. The zero-order valence-electron chi connectivity index (χ0n) is 15.3. The van der Waals surface area contributed by atoms with Crippen LogP contribution in [0.1, 0.15) is 31.4 Å². The van der Waals surface area contributed by atoms with Crippen LogP contribution in [0, 0.1) is 23.5 Å². The highest BCUT2D eigenvalue weighted by Gasteiger charge is 2.48. The summed E-state index contributed by atoms with van der Waals surface area (Å²) >= 11 is 0. The molecular formula is C21H22F2N2O2. The topological polar surface area (TPSA) is 58.2 Å². The first-order valence-electron chi connectivity index (χ1n) is 9.12. The van der Waals surface area contributed by atoms with Crippen molar-refractivity contribution in [3.63, 3.8) is 0 Å². The van der Waals surface area contributed by atoms with Crippen LogP contribution >= 0.6 is 0 Å². The van der Waals surface area contributed by atoms with Gasteiger partial charge in [-0.1, -0.05) is 32.0 Å². The first-order chi connectivity index (χ1) is 12.9. The van der Waals surface area contributed by atoms with Crippen molar-refractivity contribution in [3.05, 3.63) is 59.2 Å². The van der Waals surface area contributed by atoms with E-state index in [1.54, 1.807) is 0 Å². The minimum Gasteiger partial charge on any atom is -0.325 e. The molecule has 4 nitrogen and oxygen atoms in total. The number of aryl methyl sites for hydroxylation is 2. The summed E-state index contributed by atoms with van der Waals surface area (Å²) in [5, 5.41) is 5.40. The lowest BCUT2D eigenvalue weighted by Gasteiger charge is -2.14. The number of halogens is 2. The van der Waals surface area contributed by atoms with E-state index in [4.69, 9.17) is 0 Å². The molecule has 0 saturated heterocycles. The maximum absolute atomic E-state index is 13.7. The van der Waals surface area contributed by atoms with Crippen LogP contribution in [0.5, 0.6) is 0 Å². The van der Waals surface area contributed by atoms with E-state index in [0.29, 0.717) is 12.5 Å². The Morgan fingerprint density at radius 3 is 2.11 bits per heavy atom. The van der Waals surface area contributed by atoms with E-state index < -0.39 is 29.4 Å². The second-order valence-corrected chi connectivity index (χ2v) is 6.71. The summed E-state index contributed by atoms with van der Waals surface area (Å²) in [7, 11) is 0. The largest absolute Gasteiger partial charge is 0.325 e. The van der Waals surface area contributed by atoms with Gasteiger partial charge in [-0.3, -0.25) is 9.59 Å². The molecular weight excluding hydrogens is 350 g/mol. The van der Waals surface area contributed by atoms with E-state index in [0.717, 1.165) is 35.7 Å². The highest BCUT2D eigenvalue weighted by atomic mass is 19.1. The standard InChI is InChI=1S/C21H22F2N2O2/c1-3-12-6-5-7-13(4-2)19(12)25-21(27)16-11-15(16)20(26)24-18-9-8-14(22)10-17(18)23/h5-10,15-16H,3-4,11H2,1-2H3,(H,24,26)(H,25,27). The van der Waals surface area contributed by atoms with Crippen molar-refractivity contribution in [1.82, 2.24) is 0 Å². The molecule has 2 unspecified atom stereocenters. The van der Waals surface area contributed by atoms with Crippen LogP contribution in [0.15, 0.2) is 36.4 Å². The SMILES string of the molecule is CCc1cccc(CC)c1NC(=O)C1CC1C(=O)Nc1ccc(F)cc1F. The van der Waals surface area contributed by atoms with Crippen LogP contribution in [0.3, 0.4) is 0 Å². The van der Waals surface area contributed by atoms with Crippen LogP contribution in [0.4, 0.5) is 20.2 Å². The van der Waals surface area contributed by atoms with Gasteiger partial charge in [0.25, 0.3) is 0 Å². The number of anilines is 2. The second-order valence-electron chi connectivity index (χ2n) is 6.71. The molecule has 0 heterocycles. The van der Waals surface area contributed by atoms with Gasteiger partial charge in [0.2, 0.25) is 11.8 Å². The Hall–Kier alpha value is -2.76. The molecule has 2 aromatic carbocycles. The molecule has 1 aliphatic rings. The molecule has 1 fully saturated rings. The van der Waals surface area contributed by atoms with Crippen molar-refractivity contribution in [1.29, 1.82) is 0 Å². The van der Waals surface area contributed by atoms with Crippen LogP contribution in [0.2, 0.25) is 0 Å². The van der Waals surface area contributed by atoms with Crippen LogP contribution in [-0.2, 0) is 22.4 Å². The minimum atomic E-state index is -0.838. The van der Waals surface area contributed by atoms with Gasteiger partial charge in [-0.05, 0) is 42.5 Å². The van der Waals surface area contributed by atoms with E-state index in [2.05, 4.69) is 10.6 Å². The monoisotopic (exact) mass is 372 g/mol. The van der Waals surface area contributed by atoms with Crippen molar-refractivity contribution in [3.8, 4) is 0 Å². The smallest absolute Gasteiger partial charge is 0.228 e. The maximum atomic E-state index is 13.7. The molecule has 3 rings (SSSR count). The average molecular weight is 372 g/mol. The lowest BCUT2D eigenvalue weighted by molar-refractivity contribution is -0.122. The number of rotatable bonds is 6. The summed E-state index contributed by atoms with van der Waals surface area (Å²) in [5.41, 5.74) is 2.84. The van der Waals surface area contributed by atoms with Gasteiger partial charge < -0.3 is 10.6 Å². The Balaban J connectivity index is 1.65. The number of nitrogens with one attached hydrogen (secondary N) is 2. The quantitative estimate of drug-likeness (QED) is 0.794. The van der Waals surface area contributed by atoms with Crippen LogP contribution in [-0.4, -0.2) is 11.8 Å². The molecule has 27 heavy (non-hydrogen) atoms. The van der Waals surface area contributed by atoms with Gasteiger partial charge in [0.15, 0.2) is 0 Å². The minimum absolute atomic E-state index is 0.0861. The number of hydrogen-bond donors (Lipinski definition) is 2. The van der Waals surface area contributed by atoms with Crippen molar-refractivity contribution < 1.29 is 18.4 Å². The third-order valence-electron chi connectivity index (χ3n) is 4.90. The molecule has 1 aliphatic carbocycles. The van der Waals surface area contributed by atoms with Crippen molar-refractivity contribution >= 4 is 23.2 Å². The molecule has 0 aromatic heterocycles. The average Bonchev–Trinajstić information content (AvgIpc) is 3.45. The molecule has 0 aliphatic heterocycles. The van der Waals surface area contributed by atoms with E-state index in [-0.39, 0.29) is 11.6 Å². The summed E-state index contributed by atoms with van der Waals surface area (Å²) in [5.74, 6) is -3.13. The van der Waals surface area contributed by atoms with E-state index in [1.807, 2.05) is 32.0 Å². The first kappa shape index (κ1) is 19.0. The van der Waals surface area contributed by atoms with Crippen molar-refractivity contribution in [2.24, 2.45) is 11.8 Å². The fourth-order valence-electron chi connectivity index (χ4n) is 3.21. The van der Waals surface area contributed by atoms with Crippen molar-refractivity contribution in [2.45, 2.75) is 33.1 Å². The molecule has 2 N–H and O–H groups in total. The zero-order chi connectivity index (χ0) is 19.6. The number of hydrogen-bond acceptors (Lipinski definition) is 2. The van der Waals surface area contributed by atoms with Crippen LogP contribution in [0.25, 0.3) is 0 Å². The molecule has 0 bridgehead atoms. The zero-order valence-corrected chi connectivity index (χ0v) is 15.3. The number of para-hydroxylation sites is 1. The highest BCUT2D eigenvalue weighted by molar-refractivity contribution is 6.03. The Morgan fingerprint density at radius 2 is 1.56 bits per heavy atom. The summed E-state index contributed by atoms with van der Waals surface area (Å²) in [6.07, 6.45) is 2.00. The molecule has 2 amide bonds. The normalized spacial score (nSPS) is 18.1. The molecule has 0 spiro atoms. The predicted molar refractivity (Wildman–Crippen MR) is 100 cm³/mol. The number of carbonyl (C=O) groups excluding carboxylic acids is 2. The third-order valence-corrected chi connectivity index (χ3v) is 4.90. The highest BCUT2D eigenvalue weighted by Crippen LogP contribution is 2.41. The van der Waals surface area contributed by atoms with Crippen LogP contribution < -0.4 is 10.6 Å². The second kappa shape index (κ2) is 7.86. The molecule has 6 heteroatoms.